The number of hydrogen-bond acceptors (Lipinski definition) is 4. The molecule has 0 unspecified atom stereocenters. The molecule has 92 valence electrons. The average molecular weight is 230 g/mol. The van der Waals surface area contributed by atoms with Crippen LogP contribution in [0.25, 0.3) is 0 Å². The molecule has 1 aliphatic heterocycles. The Balaban J connectivity index is 2.58. The topological polar surface area (TPSA) is 92.9 Å². The molecule has 2 atom stereocenters. The SMILES string of the molecule is CC(C)(C)OC(=O)N1C[C@@H](N)[C@@H](C(=O)O)C1. The van der Waals surface area contributed by atoms with Crippen LogP contribution in [0.5, 0.6) is 0 Å². The van der Waals surface area contributed by atoms with Gasteiger partial charge >= 0.3 is 12.1 Å². The van der Waals surface area contributed by atoms with Gasteiger partial charge in [0.2, 0.25) is 0 Å². The van der Waals surface area contributed by atoms with Gasteiger partial charge in [0, 0.05) is 19.1 Å². The first-order valence-corrected chi connectivity index (χ1v) is 5.17. The van der Waals surface area contributed by atoms with Crippen molar-refractivity contribution in [1.29, 1.82) is 0 Å². The molecule has 16 heavy (non-hydrogen) atoms. The Morgan fingerprint density at radius 3 is 2.31 bits per heavy atom. The van der Waals surface area contributed by atoms with Crippen LogP contribution in [-0.2, 0) is 9.53 Å². The predicted molar refractivity (Wildman–Crippen MR) is 56.9 cm³/mol. The third kappa shape index (κ3) is 3.10. The Hall–Kier alpha value is -1.30. The second-order valence-corrected chi connectivity index (χ2v) is 4.99. The van der Waals surface area contributed by atoms with Crippen molar-refractivity contribution in [2.45, 2.75) is 32.4 Å². The second kappa shape index (κ2) is 4.29. The number of nitrogens with two attached hydrogens (primary N) is 1. The zero-order valence-corrected chi connectivity index (χ0v) is 9.77. The van der Waals surface area contributed by atoms with E-state index in [1.165, 1.54) is 4.90 Å². The number of aliphatic carboxylic acids is 1. The molecular formula is C10H18N2O4. The Labute approximate surface area is 94.3 Å². The van der Waals surface area contributed by atoms with Gasteiger partial charge in [0.1, 0.15) is 5.60 Å². The molecule has 1 saturated heterocycles. The summed E-state index contributed by atoms with van der Waals surface area (Å²) in [6.07, 6.45) is -0.508. The van der Waals surface area contributed by atoms with E-state index >= 15 is 0 Å². The quantitative estimate of drug-likeness (QED) is 0.674. The maximum atomic E-state index is 11.6. The van der Waals surface area contributed by atoms with Crippen molar-refractivity contribution in [1.82, 2.24) is 4.90 Å². The van der Waals surface area contributed by atoms with Gasteiger partial charge in [0.05, 0.1) is 5.92 Å². The van der Waals surface area contributed by atoms with E-state index in [9.17, 15) is 9.59 Å². The number of carbonyl (C=O) groups is 2. The fourth-order valence-corrected chi connectivity index (χ4v) is 1.57. The molecule has 1 heterocycles. The number of likely N-dealkylation sites (tertiary alicyclic amines) is 1. The minimum absolute atomic E-state index is 0.116. The summed E-state index contributed by atoms with van der Waals surface area (Å²) in [6, 6.07) is -0.523. The van der Waals surface area contributed by atoms with Crippen molar-refractivity contribution < 1.29 is 19.4 Å². The standard InChI is InChI=1S/C10H18N2O4/c1-10(2,3)16-9(15)12-4-6(8(13)14)7(11)5-12/h6-7H,4-5,11H2,1-3H3,(H,13,14)/t6-,7+/m0/s1. The molecule has 3 N–H and O–H groups in total. The first-order valence-electron chi connectivity index (χ1n) is 5.17. The molecule has 0 radical (unpaired) electrons. The highest BCUT2D eigenvalue weighted by Gasteiger charge is 2.39. The summed E-state index contributed by atoms with van der Waals surface area (Å²) in [5, 5.41) is 8.86. The normalized spacial score (nSPS) is 25.6. The molecule has 6 nitrogen and oxygen atoms in total. The zero-order chi connectivity index (χ0) is 12.5. The minimum Gasteiger partial charge on any atom is -0.481 e. The number of hydrogen-bond donors (Lipinski definition) is 2. The van der Waals surface area contributed by atoms with Gasteiger partial charge in [-0.05, 0) is 20.8 Å². The molecule has 0 aromatic rings. The molecule has 1 fully saturated rings. The van der Waals surface area contributed by atoms with E-state index in [2.05, 4.69) is 0 Å². The van der Waals surface area contributed by atoms with Crippen LogP contribution < -0.4 is 5.73 Å². The third-order valence-electron chi connectivity index (χ3n) is 2.33. The summed E-state index contributed by atoms with van der Waals surface area (Å²) >= 11 is 0. The Morgan fingerprint density at radius 1 is 1.38 bits per heavy atom. The summed E-state index contributed by atoms with van der Waals surface area (Å²) in [5.74, 6) is -1.67. The zero-order valence-electron chi connectivity index (χ0n) is 9.77. The largest absolute Gasteiger partial charge is 0.481 e. The number of carboxylic acids is 1. The number of nitrogens with zero attached hydrogens (tertiary/aromatic N) is 1. The van der Waals surface area contributed by atoms with Crippen molar-refractivity contribution in [2.75, 3.05) is 13.1 Å². The fourth-order valence-electron chi connectivity index (χ4n) is 1.57. The Kier molecular flexibility index (Phi) is 3.42. The molecule has 1 aliphatic rings. The molecule has 0 aromatic heterocycles. The van der Waals surface area contributed by atoms with E-state index < -0.39 is 29.6 Å². The minimum atomic E-state index is -0.974. The number of carboxylic acid groups (broad SMARTS) is 1. The first-order chi connectivity index (χ1) is 7.20. The monoisotopic (exact) mass is 230 g/mol. The smallest absolute Gasteiger partial charge is 0.410 e. The van der Waals surface area contributed by atoms with E-state index in [1.54, 1.807) is 20.8 Å². The van der Waals surface area contributed by atoms with E-state index in [0.29, 0.717) is 0 Å². The lowest BCUT2D eigenvalue weighted by Gasteiger charge is -2.24. The fraction of sp³-hybridized carbons (Fsp3) is 0.800. The number of carbonyl (C=O) groups excluding carboxylic acids is 1. The van der Waals surface area contributed by atoms with Crippen molar-refractivity contribution >= 4 is 12.1 Å². The van der Waals surface area contributed by atoms with Crippen molar-refractivity contribution in [3.63, 3.8) is 0 Å². The van der Waals surface area contributed by atoms with E-state index in [1.807, 2.05) is 0 Å². The summed E-state index contributed by atoms with van der Waals surface area (Å²) in [6.45, 7) is 5.62. The number of ether oxygens (including phenoxy) is 1. The molecule has 0 aromatic carbocycles. The van der Waals surface area contributed by atoms with Crippen LogP contribution in [0.1, 0.15) is 20.8 Å². The van der Waals surface area contributed by atoms with Crippen LogP contribution in [0.4, 0.5) is 4.79 Å². The van der Waals surface area contributed by atoms with Gasteiger partial charge in [0.25, 0.3) is 0 Å². The maximum Gasteiger partial charge on any atom is 0.410 e. The lowest BCUT2D eigenvalue weighted by Crippen LogP contribution is -2.36. The predicted octanol–water partition coefficient (Wildman–Crippen LogP) is 0.265. The Morgan fingerprint density at radius 2 is 1.94 bits per heavy atom. The van der Waals surface area contributed by atoms with Crippen LogP contribution in [0, 0.1) is 5.92 Å². The maximum absolute atomic E-state index is 11.6. The van der Waals surface area contributed by atoms with Gasteiger partial charge in [-0.1, -0.05) is 0 Å². The van der Waals surface area contributed by atoms with E-state index in [-0.39, 0.29) is 13.1 Å². The highest BCUT2D eigenvalue weighted by atomic mass is 16.6. The average Bonchev–Trinajstić information content (AvgIpc) is 2.44. The van der Waals surface area contributed by atoms with Crippen LogP contribution in [-0.4, -0.2) is 46.8 Å². The Bertz CT molecular complexity index is 298. The summed E-state index contributed by atoms with van der Waals surface area (Å²) < 4.78 is 5.14. The van der Waals surface area contributed by atoms with Gasteiger partial charge in [0.15, 0.2) is 0 Å². The summed E-state index contributed by atoms with van der Waals surface area (Å²) in [7, 11) is 0. The lowest BCUT2D eigenvalue weighted by atomic mass is 10.1. The van der Waals surface area contributed by atoms with Crippen LogP contribution >= 0.6 is 0 Å². The van der Waals surface area contributed by atoms with Crippen LogP contribution in [0.2, 0.25) is 0 Å². The van der Waals surface area contributed by atoms with Gasteiger partial charge in [-0.15, -0.1) is 0 Å². The van der Waals surface area contributed by atoms with Crippen LogP contribution in [0.15, 0.2) is 0 Å². The van der Waals surface area contributed by atoms with E-state index in [4.69, 9.17) is 15.6 Å². The van der Waals surface area contributed by atoms with Crippen molar-refractivity contribution in [3.8, 4) is 0 Å². The number of rotatable bonds is 1. The van der Waals surface area contributed by atoms with Gasteiger partial charge in [-0.2, -0.15) is 0 Å². The third-order valence-corrected chi connectivity index (χ3v) is 2.33. The van der Waals surface area contributed by atoms with Gasteiger partial charge in [-0.3, -0.25) is 4.79 Å². The molecule has 0 spiro atoms. The highest BCUT2D eigenvalue weighted by molar-refractivity contribution is 5.75. The van der Waals surface area contributed by atoms with Gasteiger partial charge in [-0.25, -0.2) is 4.79 Å². The number of amides is 1. The summed E-state index contributed by atoms with van der Waals surface area (Å²) in [5.41, 5.74) is 5.06. The van der Waals surface area contributed by atoms with E-state index in [0.717, 1.165) is 0 Å². The molecule has 1 amide bonds. The van der Waals surface area contributed by atoms with Crippen molar-refractivity contribution in [2.24, 2.45) is 11.7 Å². The molecule has 0 bridgehead atoms. The second-order valence-electron chi connectivity index (χ2n) is 4.99. The van der Waals surface area contributed by atoms with Crippen LogP contribution in [0.3, 0.4) is 0 Å². The molecular weight excluding hydrogens is 212 g/mol. The molecule has 0 aliphatic carbocycles. The van der Waals surface area contributed by atoms with Crippen molar-refractivity contribution in [3.05, 3.63) is 0 Å². The molecule has 0 saturated carbocycles. The van der Waals surface area contributed by atoms with Gasteiger partial charge < -0.3 is 20.5 Å². The lowest BCUT2D eigenvalue weighted by molar-refractivity contribution is -0.141. The first kappa shape index (κ1) is 12.8. The molecule has 1 rings (SSSR count). The summed E-state index contributed by atoms with van der Waals surface area (Å²) in [4.78, 5) is 23.8. The molecule has 6 heteroatoms. The highest BCUT2D eigenvalue weighted by Crippen LogP contribution is 2.18.